The van der Waals surface area contributed by atoms with Crippen LogP contribution in [0.1, 0.15) is 33.6 Å². The normalized spacial score (nSPS) is 12.5. The Morgan fingerprint density at radius 1 is 1.33 bits per heavy atom. The fourth-order valence-corrected chi connectivity index (χ4v) is 1.19. The van der Waals surface area contributed by atoms with Crippen LogP contribution in [0.5, 0.6) is 0 Å². The highest BCUT2D eigenvalue weighted by Gasteiger charge is 2.34. The smallest absolute Gasteiger partial charge is 0.243 e. The van der Waals surface area contributed by atoms with E-state index in [2.05, 4.69) is 5.32 Å². The second kappa shape index (κ2) is 6.63. The van der Waals surface area contributed by atoms with Gasteiger partial charge in [-0.25, -0.2) is 0 Å². The van der Waals surface area contributed by atoms with Crippen LogP contribution in [-0.2, 0) is 9.59 Å². The molecule has 0 rings (SSSR count). The van der Waals surface area contributed by atoms with Crippen molar-refractivity contribution in [2.24, 2.45) is 11.5 Å². The van der Waals surface area contributed by atoms with Gasteiger partial charge < -0.3 is 16.8 Å². The summed E-state index contributed by atoms with van der Waals surface area (Å²) in [6.07, 6.45) is 0.939. The van der Waals surface area contributed by atoms with Crippen molar-refractivity contribution >= 4 is 24.2 Å². The molecular formula is C9H20ClN3O2. The second-order valence-corrected chi connectivity index (χ2v) is 3.43. The molecule has 0 saturated carbocycles. The number of hydrogen-bond donors (Lipinski definition) is 3. The third-order valence-electron chi connectivity index (χ3n) is 2.45. The van der Waals surface area contributed by atoms with Crippen molar-refractivity contribution in [2.45, 2.75) is 45.2 Å². The van der Waals surface area contributed by atoms with Gasteiger partial charge in [0.2, 0.25) is 11.8 Å². The molecule has 90 valence electrons. The maximum absolute atomic E-state index is 11.3. The molecule has 5 N–H and O–H groups in total. The summed E-state index contributed by atoms with van der Waals surface area (Å²) >= 11 is 0. The molecule has 0 aliphatic carbocycles. The first-order valence-corrected chi connectivity index (χ1v) is 4.77. The van der Waals surface area contributed by atoms with Crippen molar-refractivity contribution in [3.8, 4) is 0 Å². The summed E-state index contributed by atoms with van der Waals surface area (Å²) in [4.78, 5) is 22.5. The predicted molar refractivity (Wildman–Crippen MR) is 61.5 cm³/mol. The van der Waals surface area contributed by atoms with Gasteiger partial charge in [0.15, 0.2) is 0 Å². The third kappa shape index (κ3) is 4.05. The first-order valence-electron chi connectivity index (χ1n) is 4.77. The van der Waals surface area contributed by atoms with Crippen LogP contribution < -0.4 is 16.8 Å². The van der Waals surface area contributed by atoms with Crippen LogP contribution in [0.2, 0.25) is 0 Å². The van der Waals surface area contributed by atoms with Gasteiger partial charge in [-0.2, -0.15) is 0 Å². The summed E-state index contributed by atoms with van der Waals surface area (Å²) in [5, 5.41) is 2.59. The van der Waals surface area contributed by atoms with Gasteiger partial charge in [0.05, 0.1) is 6.04 Å². The predicted octanol–water partition coefficient (Wildman–Crippen LogP) is -0.0843. The van der Waals surface area contributed by atoms with Gasteiger partial charge in [0.1, 0.15) is 5.54 Å². The van der Waals surface area contributed by atoms with Crippen LogP contribution in [0, 0.1) is 0 Å². The lowest BCUT2D eigenvalue weighted by Crippen LogP contribution is -2.59. The Bertz CT molecular complexity index is 227. The maximum atomic E-state index is 11.3. The van der Waals surface area contributed by atoms with Crippen molar-refractivity contribution in [3.63, 3.8) is 0 Å². The molecule has 15 heavy (non-hydrogen) atoms. The fraction of sp³-hybridized carbons (Fsp3) is 0.778. The van der Waals surface area contributed by atoms with Crippen molar-refractivity contribution in [1.29, 1.82) is 0 Å². The molecule has 0 bridgehead atoms. The zero-order valence-corrected chi connectivity index (χ0v) is 10.2. The van der Waals surface area contributed by atoms with E-state index in [9.17, 15) is 9.59 Å². The topological polar surface area (TPSA) is 98.2 Å². The molecule has 1 atom stereocenters. The quantitative estimate of drug-likeness (QED) is 0.624. The molecule has 5 nitrogen and oxygen atoms in total. The van der Waals surface area contributed by atoms with E-state index in [0.29, 0.717) is 12.8 Å². The van der Waals surface area contributed by atoms with Crippen LogP contribution >= 0.6 is 12.4 Å². The molecule has 0 aromatic heterocycles. The number of nitrogens with two attached hydrogens (primary N) is 2. The summed E-state index contributed by atoms with van der Waals surface area (Å²) in [5.41, 5.74) is 9.68. The second-order valence-electron chi connectivity index (χ2n) is 3.43. The number of hydrogen-bond acceptors (Lipinski definition) is 3. The third-order valence-corrected chi connectivity index (χ3v) is 2.45. The van der Waals surface area contributed by atoms with E-state index < -0.39 is 17.5 Å². The lowest BCUT2D eigenvalue weighted by atomic mass is 9.91. The molecule has 0 spiro atoms. The highest BCUT2D eigenvalue weighted by atomic mass is 35.5. The molecule has 0 aromatic carbocycles. The Hall–Kier alpha value is -0.810. The van der Waals surface area contributed by atoms with Gasteiger partial charge in [-0.1, -0.05) is 13.8 Å². The van der Waals surface area contributed by atoms with Crippen molar-refractivity contribution in [3.05, 3.63) is 0 Å². The molecule has 0 radical (unpaired) electrons. The lowest BCUT2D eigenvalue weighted by molar-refractivity contribution is -0.132. The number of halogens is 1. The van der Waals surface area contributed by atoms with Gasteiger partial charge in [-0.3, -0.25) is 9.59 Å². The molecule has 0 fully saturated rings. The van der Waals surface area contributed by atoms with Gasteiger partial charge in [0.25, 0.3) is 0 Å². The average Bonchev–Trinajstić information content (AvgIpc) is 2.13. The minimum Gasteiger partial charge on any atom is -0.368 e. The zero-order chi connectivity index (χ0) is 11.4. The Labute approximate surface area is 96.4 Å². The molecule has 6 heteroatoms. The van der Waals surface area contributed by atoms with Crippen molar-refractivity contribution in [2.75, 3.05) is 0 Å². The van der Waals surface area contributed by atoms with Crippen LogP contribution in [0.25, 0.3) is 0 Å². The number of primary amides is 1. The number of amides is 2. The highest BCUT2D eigenvalue weighted by Crippen LogP contribution is 2.14. The highest BCUT2D eigenvalue weighted by molar-refractivity contribution is 5.91. The van der Waals surface area contributed by atoms with Gasteiger partial charge in [-0.05, 0) is 19.8 Å². The Balaban J connectivity index is 0. The molecule has 0 heterocycles. The van der Waals surface area contributed by atoms with E-state index in [-0.39, 0.29) is 18.3 Å². The van der Waals surface area contributed by atoms with E-state index in [0.717, 1.165) is 0 Å². The summed E-state index contributed by atoms with van der Waals surface area (Å²) < 4.78 is 0. The number of carbonyl (C=O) groups excluding carboxylic acids is 2. The van der Waals surface area contributed by atoms with E-state index in [4.69, 9.17) is 11.5 Å². The average molecular weight is 238 g/mol. The van der Waals surface area contributed by atoms with Gasteiger partial charge in [-0.15, -0.1) is 12.4 Å². The standard InChI is InChI=1S/C9H19N3O2.ClH/c1-4-9(5-2,8(11)14)12-7(13)6(3)10;/h6H,4-5,10H2,1-3H3,(H2,11,14)(H,12,13);1H/t6-;/m0./s1. The van der Waals surface area contributed by atoms with Crippen LogP contribution in [0.15, 0.2) is 0 Å². The minimum absolute atomic E-state index is 0. The van der Waals surface area contributed by atoms with E-state index in [1.165, 1.54) is 0 Å². The molecule has 0 saturated heterocycles. The molecule has 2 amide bonds. The molecule has 0 aliphatic rings. The Morgan fingerprint density at radius 3 is 1.93 bits per heavy atom. The minimum atomic E-state index is -0.954. The number of carbonyl (C=O) groups is 2. The van der Waals surface area contributed by atoms with Gasteiger partial charge >= 0.3 is 0 Å². The van der Waals surface area contributed by atoms with Crippen LogP contribution in [-0.4, -0.2) is 23.4 Å². The summed E-state index contributed by atoms with van der Waals surface area (Å²) in [7, 11) is 0. The van der Waals surface area contributed by atoms with Crippen LogP contribution in [0.4, 0.5) is 0 Å². The summed E-state index contributed by atoms with van der Waals surface area (Å²) in [5.74, 6) is -0.871. The van der Waals surface area contributed by atoms with E-state index in [1.807, 2.05) is 0 Å². The first-order chi connectivity index (χ1) is 6.39. The van der Waals surface area contributed by atoms with Crippen molar-refractivity contribution < 1.29 is 9.59 Å². The first kappa shape index (κ1) is 16.6. The monoisotopic (exact) mass is 237 g/mol. The maximum Gasteiger partial charge on any atom is 0.243 e. The van der Waals surface area contributed by atoms with E-state index in [1.54, 1.807) is 20.8 Å². The molecule has 0 unspecified atom stereocenters. The van der Waals surface area contributed by atoms with Crippen LogP contribution in [0.3, 0.4) is 0 Å². The fourth-order valence-electron chi connectivity index (χ4n) is 1.19. The molecular weight excluding hydrogens is 218 g/mol. The largest absolute Gasteiger partial charge is 0.368 e. The van der Waals surface area contributed by atoms with E-state index >= 15 is 0 Å². The van der Waals surface area contributed by atoms with Crippen molar-refractivity contribution in [1.82, 2.24) is 5.32 Å². The summed E-state index contributed by atoms with van der Waals surface area (Å²) in [6.45, 7) is 5.16. The molecule has 0 aromatic rings. The zero-order valence-electron chi connectivity index (χ0n) is 9.37. The Kier molecular flexibility index (Phi) is 7.35. The number of nitrogens with one attached hydrogen (secondary N) is 1. The summed E-state index contributed by atoms with van der Waals surface area (Å²) in [6, 6.07) is -0.633. The Morgan fingerprint density at radius 2 is 1.73 bits per heavy atom. The SMILES string of the molecule is CCC(CC)(NC(=O)[C@H](C)N)C(N)=O.Cl. The molecule has 0 aliphatic heterocycles. The number of rotatable bonds is 5. The van der Waals surface area contributed by atoms with Gasteiger partial charge in [0, 0.05) is 0 Å². The lowest BCUT2D eigenvalue weighted by Gasteiger charge is -2.29.